The third kappa shape index (κ3) is 1.49. The standard InChI is InChI=1S/C4H5NO2S2/c1-3-5-4(2-8-3)9(6)7/h2,9H,1H3. The van der Waals surface area contributed by atoms with Crippen LogP contribution in [0.15, 0.2) is 10.4 Å². The molecule has 9 heavy (non-hydrogen) atoms. The lowest BCUT2D eigenvalue weighted by atomic mass is 10.8. The zero-order chi connectivity index (χ0) is 6.85. The second-order valence-electron chi connectivity index (χ2n) is 1.48. The summed E-state index contributed by atoms with van der Waals surface area (Å²) in [7, 11) is -2.48. The van der Waals surface area contributed by atoms with E-state index in [9.17, 15) is 8.42 Å². The summed E-state index contributed by atoms with van der Waals surface area (Å²) in [6.07, 6.45) is 0. The van der Waals surface area contributed by atoms with Crippen molar-refractivity contribution in [3.63, 3.8) is 0 Å². The molecule has 1 aromatic heterocycles. The van der Waals surface area contributed by atoms with E-state index in [0.29, 0.717) is 0 Å². The monoisotopic (exact) mass is 163 g/mol. The van der Waals surface area contributed by atoms with Gasteiger partial charge in [0.05, 0.1) is 5.01 Å². The number of nitrogens with zero attached hydrogens (tertiary/aromatic N) is 1. The molecule has 0 saturated heterocycles. The molecule has 0 N–H and O–H groups in total. The smallest absolute Gasteiger partial charge is 0.186 e. The average molecular weight is 163 g/mol. The predicted octanol–water partition coefficient (Wildman–Crippen LogP) is 0.422. The molecule has 3 nitrogen and oxygen atoms in total. The topological polar surface area (TPSA) is 47.0 Å². The fraction of sp³-hybridized carbons (Fsp3) is 0.250. The van der Waals surface area contributed by atoms with Gasteiger partial charge in [-0.25, -0.2) is 13.4 Å². The summed E-state index contributed by atoms with van der Waals surface area (Å²) in [5.41, 5.74) is 0. The van der Waals surface area contributed by atoms with Gasteiger partial charge in [0.25, 0.3) is 0 Å². The zero-order valence-corrected chi connectivity index (χ0v) is 6.41. The lowest BCUT2D eigenvalue weighted by molar-refractivity contribution is 0.612. The van der Waals surface area contributed by atoms with Gasteiger partial charge in [0.2, 0.25) is 0 Å². The fourth-order valence-corrected chi connectivity index (χ4v) is 1.72. The van der Waals surface area contributed by atoms with E-state index in [-0.39, 0.29) is 5.03 Å². The minimum atomic E-state index is -2.48. The molecule has 5 heteroatoms. The van der Waals surface area contributed by atoms with E-state index in [4.69, 9.17) is 0 Å². The van der Waals surface area contributed by atoms with Gasteiger partial charge < -0.3 is 0 Å². The molecule has 50 valence electrons. The zero-order valence-electron chi connectivity index (χ0n) is 4.70. The largest absolute Gasteiger partial charge is 0.230 e. The number of hydrogen-bond acceptors (Lipinski definition) is 4. The van der Waals surface area contributed by atoms with Gasteiger partial charge in [-0.1, -0.05) is 0 Å². The Morgan fingerprint density at radius 3 is 2.56 bits per heavy atom. The van der Waals surface area contributed by atoms with Crippen LogP contribution in [0.4, 0.5) is 0 Å². The summed E-state index contributed by atoms with van der Waals surface area (Å²) in [4.78, 5) is 3.73. The van der Waals surface area contributed by atoms with Crippen molar-refractivity contribution in [3.05, 3.63) is 10.4 Å². The van der Waals surface area contributed by atoms with Gasteiger partial charge in [0.1, 0.15) is 0 Å². The lowest BCUT2D eigenvalue weighted by Gasteiger charge is -1.73. The molecule has 0 aromatic carbocycles. The number of hydrogen-bond donors (Lipinski definition) is 1. The van der Waals surface area contributed by atoms with Gasteiger partial charge in [0, 0.05) is 5.38 Å². The Morgan fingerprint density at radius 1 is 1.67 bits per heavy atom. The second kappa shape index (κ2) is 2.45. The van der Waals surface area contributed by atoms with Crippen LogP contribution in [0.1, 0.15) is 5.01 Å². The average Bonchev–Trinajstić information content (AvgIpc) is 2.14. The highest BCUT2D eigenvalue weighted by atomic mass is 32.2. The van der Waals surface area contributed by atoms with Crippen LogP contribution >= 0.6 is 11.3 Å². The highest BCUT2D eigenvalue weighted by molar-refractivity contribution is 7.72. The molecule has 0 unspecified atom stereocenters. The number of aromatic nitrogens is 1. The summed E-state index contributed by atoms with van der Waals surface area (Å²) < 4.78 is 20.4. The molecule has 1 rings (SSSR count). The van der Waals surface area contributed by atoms with E-state index in [1.165, 1.54) is 16.7 Å². The maximum absolute atomic E-state index is 10.2. The first-order valence-corrected chi connectivity index (χ1v) is 4.32. The van der Waals surface area contributed by atoms with Crippen LogP contribution < -0.4 is 0 Å². The molecule has 0 aliphatic rings. The normalized spacial score (nSPS) is 10.4. The van der Waals surface area contributed by atoms with E-state index < -0.39 is 10.7 Å². The number of aryl methyl sites for hydroxylation is 1. The number of thiol groups is 1. The third-order valence-electron chi connectivity index (χ3n) is 0.794. The molecule has 0 radical (unpaired) electrons. The Morgan fingerprint density at radius 2 is 2.33 bits per heavy atom. The highest BCUT2D eigenvalue weighted by Crippen LogP contribution is 2.07. The molecule has 0 atom stereocenters. The van der Waals surface area contributed by atoms with Gasteiger partial charge in [-0.2, -0.15) is 0 Å². The Balaban J connectivity index is 3.12. The Labute approximate surface area is 58.3 Å². The second-order valence-corrected chi connectivity index (χ2v) is 3.52. The Kier molecular flexibility index (Phi) is 1.82. The van der Waals surface area contributed by atoms with Gasteiger partial charge in [-0.3, -0.25) is 0 Å². The summed E-state index contributed by atoms with van der Waals surface area (Å²) in [6.45, 7) is 1.77. The summed E-state index contributed by atoms with van der Waals surface area (Å²) in [5.74, 6) is 0. The Bertz CT molecular complexity index is 268. The third-order valence-corrected chi connectivity index (χ3v) is 2.35. The van der Waals surface area contributed by atoms with Crippen LogP contribution in [0.5, 0.6) is 0 Å². The first kappa shape index (κ1) is 6.70. The van der Waals surface area contributed by atoms with E-state index in [1.807, 2.05) is 0 Å². The molecule has 1 heterocycles. The number of rotatable bonds is 1. The summed E-state index contributed by atoms with van der Waals surface area (Å²) in [6, 6.07) is 0. The molecule has 1 aromatic rings. The molecule has 0 aliphatic heterocycles. The van der Waals surface area contributed by atoms with Crippen molar-refractivity contribution in [1.29, 1.82) is 0 Å². The maximum Gasteiger partial charge on any atom is 0.186 e. The van der Waals surface area contributed by atoms with Crippen molar-refractivity contribution in [2.45, 2.75) is 11.9 Å². The van der Waals surface area contributed by atoms with E-state index in [1.54, 1.807) is 6.92 Å². The fourth-order valence-electron chi connectivity index (χ4n) is 0.436. The van der Waals surface area contributed by atoms with Gasteiger partial charge in [-0.05, 0) is 6.92 Å². The van der Waals surface area contributed by atoms with Crippen LogP contribution in [-0.4, -0.2) is 13.4 Å². The van der Waals surface area contributed by atoms with Gasteiger partial charge >= 0.3 is 0 Å². The quantitative estimate of drug-likeness (QED) is 0.610. The lowest BCUT2D eigenvalue weighted by Crippen LogP contribution is -1.77. The van der Waals surface area contributed by atoms with E-state index in [2.05, 4.69) is 4.98 Å². The summed E-state index contributed by atoms with van der Waals surface area (Å²) in [5, 5.41) is 2.48. The molecular weight excluding hydrogens is 158 g/mol. The van der Waals surface area contributed by atoms with E-state index in [0.717, 1.165) is 5.01 Å². The van der Waals surface area contributed by atoms with Crippen LogP contribution in [0, 0.1) is 6.92 Å². The van der Waals surface area contributed by atoms with Crippen LogP contribution in [0.3, 0.4) is 0 Å². The van der Waals surface area contributed by atoms with Crippen LogP contribution in [-0.2, 0) is 10.7 Å². The maximum atomic E-state index is 10.2. The van der Waals surface area contributed by atoms with Crippen molar-refractivity contribution in [2.24, 2.45) is 0 Å². The molecular formula is C4H5NO2S2. The molecule has 0 amide bonds. The van der Waals surface area contributed by atoms with Crippen LogP contribution in [0.25, 0.3) is 0 Å². The van der Waals surface area contributed by atoms with Gasteiger partial charge in [-0.15, -0.1) is 11.3 Å². The minimum absolute atomic E-state index is 0.174. The highest BCUT2D eigenvalue weighted by Gasteiger charge is 1.97. The van der Waals surface area contributed by atoms with Crippen molar-refractivity contribution in [2.75, 3.05) is 0 Å². The first-order valence-electron chi connectivity index (χ1n) is 2.26. The van der Waals surface area contributed by atoms with Crippen molar-refractivity contribution < 1.29 is 8.42 Å². The molecule has 0 spiro atoms. The molecule has 0 fully saturated rings. The van der Waals surface area contributed by atoms with E-state index >= 15 is 0 Å². The Hall–Kier alpha value is -0.420. The SMILES string of the molecule is Cc1nc([SH](=O)=O)cs1. The minimum Gasteiger partial charge on any atom is -0.230 e. The molecule has 0 bridgehead atoms. The number of thiazole rings is 1. The van der Waals surface area contributed by atoms with Gasteiger partial charge in [0.15, 0.2) is 15.7 Å². The van der Waals surface area contributed by atoms with Crippen molar-refractivity contribution in [3.8, 4) is 0 Å². The van der Waals surface area contributed by atoms with Crippen LogP contribution in [0.2, 0.25) is 0 Å². The van der Waals surface area contributed by atoms with Crippen molar-refractivity contribution in [1.82, 2.24) is 4.98 Å². The van der Waals surface area contributed by atoms with Crippen molar-refractivity contribution >= 4 is 22.0 Å². The molecule has 0 aliphatic carbocycles. The first-order chi connectivity index (χ1) is 4.20. The summed E-state index contributed by atoms with van der Waals surface area (Å²) >= 11 is 1.34. The molecule has 0 saturated carbocycles. The predicted molar refractivity (Wildman–Crippen MR) is 35.4 cm³/mol.